The highest BCUT2D eigenvalue weighted by Crippen LogP contribution is 2.27. The fourth-order valence-electron chi connectivity index (χ4n) is 2.99. The van der Waals surface area contributed by atoms with Gasteiger partial charge in [-0.1, -0.05) is 17.7 Å². The van der Waals surface area contributed by atoms with Crippen molar-refractivity contribution < 1.29 is 9.53 Å². The van der Waals surface area contributed by atoms with Crippen LogP contribution in [0.25, 0.3) is 10.2 Å². The van der Waals surface area contributed by atoms with Crippen LogP contribution in [0.15, 0.2) is 27.8 Å². The molecule has 7 nitrogen and oxygen atoms in total. The van der Waals surface area contributed by atoms with Crippen LogP contribution in [-0.2, 0) is 11.3 Å². The van der Waals surface area contributed by atoms with Crippen molar-refractivity contribution in [1.29, 1.82) is 0 Å². The molecule has 0 bridgehead atoms. The van der Waals surface area contributed by atoms with E-state index in [-0.39, 0.29) is 19.1 Å². The number of amides is 1. The van der Waals surface area contributed by atoms with Crippen molar-refractivity contribution in [2.24, 2.45) is 0 Å². The Morgan fingerprint density at radius 2 is 2.00 bits per heavy atom. The summed E-state index contributed by atoms with van der Waals surface area (Å²) in [5.74, 6) is -0.302. The Labute approximate surface area is 159 Å². The van der Waals surface area contributed by atoms with E-state index in [1.54, 1.807) is 6.92 Å². The van der Waals surface area contributed by atoms with Gasteiger partial charge in [0, 0.05) is 12.8 Å². The predicted molar refractivity (Wildman–Crippen MR) is 107 cm³/mol. The van der Waals surface area contributed by atoms with Gasteiger partial charge in [0.05, 0.1) is 23.4 Å². The van der Waals surface area contributed by atoms with Gasteiger partial charge in [-0.15, -0.1) is 11.3 Å². The lowest BCUT2D eigenvalue weighted by Gasteiger charge is -2.08. The average molecular weight is 387 g/mol. The van der Waals surface area contributed by atoms with Gasteiger partial charge in [-0.05, 0) is 38.0 Å². The van der Waals surface area contributed by atoms with Crippen LogP contribution in [0.1, 0.15) is 26.4 Å². The van der Waals surface area contributed by atoms with Crippen LogP contribution in [0.4, 0.5) is 5.69 Å². The Hall–Kier alpha value is -2.71. The lowest BCUT2D eigenvalue weighted by atomic mass is 10.1. The summed E-state index contributed by atoms with van der Waals surface area (Å²) in [5.41, 5.74) is 2.42. The number of aryl methyl sites for hydroxylation is 3. The van der Waals surface area contributed by atoms with Crippen molar-refractivity contribution in [3.05, 3.63) is 60.6 Å². The molecule has 0 aliphatic carbocycles. The highest BCUT2D eigenvalue weighted by molar-refractivity contribution is 7.20. The van der Waals surface area contributed by atoms with Crippen molar-refractivity contribution in [2.45, 2.75) is 27.3 Å². The minimum Gasteiger partial charge on any atom is -0.383 e. The highest BCUT2D eigenvalue weighted by atomic mass is 32.1. The molecular weight excluding hydrogens is 366 g/mol. The normalized spacial score (nSPS) is 11.1. The molecule has 27 heavy (non-hydrogen) atoms. The van der Waals surface area contributed by atoms with E-state index < -0.39 is 11.2 Å². The quantitative estimate of drug-likeness (QED) is 0.704. The van der Waals surface area contributed by atoms with Crippen molar-refractivity contribution >= 4 is 33.1 Å². The van der Waals surface area contributed by atoms with E-state index in [1.807, 2.05) is 32.0 Å². The first kappa shape index (κ1) is 19.1. The number of benzene rings is 1. The maximum atomic E-state index is 12.8. The molecule has 2 aromatic heterocycles. The summed E-state index contributed by atoms with van der Waals surface area (Å²) in [7, 11) is 1.50. The smallest absolute Gasteiger partial charge is 0.329 e. The zero-order chi connectivity index (χ0) is 19.7. The Bertz CT molecular complexity index is 1140. The number of aromatic amines is 1. The van der Waals surface area contributed by atoms with Crippen LogP contribution in [0.2, 0.25) is 0 Å². The summed E-state index contributed by atoms with van der Waals surface area (Å²) in [6.45, 7) is 6.03. The molecule has 0 aliphatic rings. The third-order valence-electron chi connectivity index (χ3n) is 4.43. The minimum absolute atomic E-state index is 0.153. The maximum Gasteiger partial charge on any atom is 0.329 e. The third-order valence-corrected chi connectivity index (χ3v) is 5.63. The van der Waals surface area contributed by atoms with E-state index in [9.17, 15) is 14.4 Å². The monoisotopic (exact) mass is 387 g/mol. The van der Waals surface area contributed by atoms with Gasteiger partial charge in [0.25, 0.3) is 11.5 Å². The number of fused-ring (bicyclic) bond motifs is 1. The molecule has 0 saturated heterocycles. The first-order valence-corrected chi connectivity index (χ1v) is 9.29. The molecule has 1 aromatic carbocycles. The van der Waals surface area contributed by atoms with Crippen molar-refractivity contribution in [2.75, 3.05) is 19.0 Å². The van der Waals surface area contributed by atoms with Crippen LogP contribution in [-0.4, -0.2) is 29.2 Å². The Kier molecular flexibility index (Phi) is 5.29. The summed E-state index contributed by atoms with van der Waals surface area (Å²) in [5, 5.41) is 3.25. The van der Waals surface area contributed by atoms with E-state index in [1.165, 1.54) is 7.11 Å². The lowest BCUT2D eigenvalue weighted by Crippen LogP contribution is -2.36. The van der Waals surface area contributed by atoms with Crippen LogP contribution in [0, 0.1) is 20.8 Å². The zero-order valence-corrected chi connectivity index (χ0v) is 16.5. The molecule has 0 saturated carbocycles. The van der Waals surface area contributed by atoms with Gasteiger partial charge < -0.3 is 10.1 Å². The first-order valence-electron chi connectivity index (χ1n) is 8.47. The molecule has 0 unspecified atom stereocenters. The molecule has 0 fully saturated rings. The number of ether oxygens (including phenoxy) is 1. The second-order valence-electron chi connectivity index (χ2n) is 6.41. The van der Waals surface area contributed by atoms with Gasteiger partial charge in [0.15, 0.2) is 0 Å². The van der Waals surface area contributed by atoms with Crippen LogP contribution < -0.4 is 16.6 Å². The SMILES string of the molecule is COCCn1c(=O)[nH]c2sc(C(=O)Nc3ccc(C)cc3C)c(C)c2c1=O. The second-order valence-corrected chi connectivity index (χ2v) is 7.43. The van der Waals surface area contributed by atoms with Gasteiger partial charge >= 0.3 is 5.69 Å². The topological polar surface area (TPSA) is 93.2 Å². The lowest BCUT2D eigenvalue weighted by molar-refractivity contribution is 0.103. The fraction of sp³-hybridized carbons (Fsp3) is 0.316. The molecule has 1 amide bonds. The number of rotatable bonds is 5. The Morgan fingerprint density at radius 3 is 2.67 bits per heavy atom. The molecule has 0 aliphatic heterocycles. The largest absolute Gasteiger partial charge is 0.383 e. The summed E-state index contributed by atoms with van der Waals surface area (Å²) in [6.07, 6.45) is 0. The van der Waals surface area contributed by atoms with E-state index in [0.29, 0.717) is 26.3 Å². The van der Waals surface area contributed by atoms with Gasteiger partial charge in [-0.2, -0.15) is 0 Å². The number of nitrogens with zero attached hydrogens (tertiary/aromatic N) is 1. The molecule has 0 spiro atoms. The molecular formula is C19H21N3O4S. The van der Waals surface area contributed by atoms with Gasteiger partial charge in [-0.3, -0.25) is 19.1 Å². The van der Waals surface area contributed by atoms with E-state index in [0.717, 1.165) is 27.0 Å². The van der Waals surface area contributed by atoms with E-state index in [2.05, 4.69) is 10.3 Å². The molecule has 0 atom stereocenters. The van der Waals surface area contributed by atoms with Crippen LogP contribution in [0.3, 0.4) is 0 Å². The van der Waals surface area contributed by atoms with Gasteiger partial charge in [-0.25, -0.2) is 4.79 Å². The van der Waals surface area contributed by atoms with Crippen molar-refractivity contribution in [3.63, 3.8) is 0 Å². The maximum absolute atomic E-state index is 12.8. The number of carbonyl (C=O) groups excluding carboxylic acids is 1. The van der Waals surface area contributed by atoms with Crippen molar-refractivity contribution in [3.8, 4) is 0 Å². The number of nitrogens with one attached hydrogen (secondary N) is 2. The minimum atomic E-state index is -0.507. The standard InChI is InChI=1S/C19H21N3O4S/c1-10-5-6-13(11(2)9-10)20-16(23)15-12(3)14-17(27-15)21-19(25)22(18(14)24)7-8-26-4/h5-6,9H,7-8H2,1-4H3,(H,20,23)(H,21,25). The summed E-state index contributed by atoms with van der Waals surface area (Å²) in [6, 6.07) is 5.76. The number of H-pyrrole nitrogens is 1. The average Bonchev–Trinajstić information content (AvgIpc) is 2.93. The van der Waals surface area contributed by atoms with E-state index >= 15 is 0 Å². The number of methoxy groups -OCH3 is 1. The summed E-state index contributed by atoms with van der Waals surface area (Å²) >= 11 is 1.11. The van der Waals surface area contributed by atoms with Crippen LogP contribution >= 0.6 is 11.3 Å². The zero-order valence-electron chi connectivity index (χ0n) is 15.6. The predicted octanol–water partition coefficient (Wildman–Crippen LogP) is 2.58. The molecule has 8 heteroatoms. The molecule has 2 N–H and O–H groups in total. The summed E-state index contributed by atoms with van der Waals surface area (Å²) < 4.78 is 6.05. The van der Waals surface area contributed by atoms with Gasteiger partial charge in [0.1, 0.15) is 4.83 Å². The van der Waals surface area contributed by atoms with E-state index in [4.69, 9.17) is 4.74 Å². The molecule has 0 radical (unpaired) electrons. The Balaban J connectivity index is 2.03. The van der Waals surface area contributed by atoms with Gasteiger partial charge in [0.2, 0.25) is 0 Å². The number of carbonyl (C=O) groups is 1. The number of anilines is 1. The summed E-state index contributed by atoms with van der Waals surface area (Å²) in [4.78, 5) is 41.2. The number of aromatic nitrogens is 2. The molecule has 142 valence electrons. The molecule has 2 heterocycles. The second kappa shape index (κ2) is 7.50. The number of thiophene rings is 1. The molecule has 3 rings (SSSR count). The van der Waals surface area contributed by atoms with Crippen LogP contribution in [0.5, 0.6) is 0 Å². The highest BCUT2D eigenvalue weighted by Gasteiger charge is 2.20. The van der Waals surface area contributed by atoms with Crippen molar-refractivity contribution in [1.82, 2.24) is 9.55 Å². The number of hydrogen-bond donors (Lipinski definition) is 2. The molecule has 3 aromatic rings. The Morgan fingerprint density at radius 1 is 1.26 bits per heavy atom. The number of hydrogen-bond acceptors (Lipinski definition) is 5. The third kappa shape index (κ3) is 3.58. The fourth-order valence-corrected chi connectivity index (χ4v) is 4.07. The first-order chi connectivity index (χ1) is 12.8.